The van der Waals surface area contributed by atoms with E-state index < -0.39 is 0 Å². The van der Waals surface area contributed by atoms with Crippen LogP contribution in [0.1, 0.15) is 11.1 Å². The molecule has 0 saturated carbocycles. The molecule has 0 saturated heterocycles. The number of fused-ring (bicyclic) bond motifs is 13. The predicted octanol–water partition coefficient (Wildman–Crippen LogP) is 9.75. The van der Waals surface area contributed by atoms with Crippen LogP contribution in [-0.2, 0) is 0 Å². The Morgan fingerprint density at radius 3 is 2.20 bits per heavy atom. The van der Waals surface area contributed by atoms with Crippen LogP contribution in [0.4, 0.5) is 0 Å². The molecule has 4 heterocycles. The van der Waals surface area contributed by atoms with Crippen LogP contribution in [0.15, 0.2) is 132 Å². The van der Waals surface area contributed by atoms with Crippen LogP contribution in [0.25, 0.3) is 64.1 Å². The summed E-state index contributed by atoms with van der Waals surface area (Å²) in [4.78, 5) is 7.73. The van der Waals surface area contributed by atoms with E-state index in [-0.39, 0.29) is 6.23 Å². The molecule has 44 heavy (non-hydrogen) atoms. The molecule has 0 bridgehead atoms. The number of benzene rings is 6. The molecule has 0 N–H and O–H groups in total. The number of rotatable bonds is 2. The van der Waals surface area contributed by atoms with Crippen molar-refractivity contribution < 1.29 is 4.74 Å². The van der Waals surface area contributed by atoms with Crippen LogP contribution >= 0.6 is 11.3 Å². The fraction of sp³-hybridized carbons (Fsp3) is 0.0513. The van der Waals surface area contributed by atoms with Crippen molar-refractivity contribution in [2.24, 2.45) is 4.99 Å². The largest absolute Gasteiger partial charge is 0.465 e. The Kier molecular flexibility index (Phi) is 4.83. The number of amidine groups is 1. The first-order chi connectivity index (χ1) is 21.8. The number of likely N-dealkylation sites (N-methyl/N-ethyl adjacent to an activating group) is 1. The first-order valence-corrected chi connectivity index (χ1v) is 15.7. The summed E-state index contributed by atoms with van der Waals surface area (Å²) in [6, 6.07) is 45.3. The maximum atomic E-state index is 6.71. The third-order valence-electron chi connectivity index (χ3n) is 9.19. The first-order valence-electron chi connectivity index (χ1n) is 14.9. The summed E-state index contributed by atoms with van der Waals surface area (Å²) in [7, 11) is 2.08. The molecular weight excluding hydrogens is 559 g/mol. The van der Waals surface area contributed by atoms with Gasteiger partial charge in [0.1, 0.15) is 17.4 Å². The summed E-state index contributed by atoms with van der Waals surface area (Å²) in [5, 5.41) is 7.62. The lowest BCUT2D eigenvalue weighted by atomic mass is 9.99. The van der Waals surface area contributed by atoms with Gasteiger partial charge in [-0.1, -0.05) is 109 Å². The number of thiophene rings is 1. The lowest BCUT2D eigenvalue weighted by molar-refractivity contribution is 0.161. The summed E-state index contributed by atoms with van der Waals surface area (Å²) >= 11 is 1.89. The number of nitrogens with zero attached hydrogens (tertiary/aromatic N) is 3. The van der Waals surface area contributed by atoms with E-state index in [0.717, 1.165) is 39.6 Å². The molecule has 1 atom stereocenters. The van der Waals surface area contributed by atoms with Gasteiger partial charge in [-0.25, -0.2) is 4.99 Å². The van der Waals surface area contributed by atoms with Gasteiger partial charge in [0.15, 0.2) is 0 Å². The molecule has 0 aliphatic carbocycles. The summed E-state index contributed by atoms with van der Waals surface area (Å²) in [5.41, 5.74) is 5.56. The summed E-state index contributed by atoms with van der Waals surface area (Å²) < 4.78 is 11.8. The second kappa shape index (κ2) is 8.82. The van der Waals surface area contributed by atoms with Gasteiger partial charge in [-0.2, -0.15) is 0 Å². The molecule has 208 valence electrons. The molecule has 2 aromatic heterocycles. The van der Waals surface area contributed by atoms with Crippen molar-refractivity contribution in [2.75, 3.05) is 7.05 Å². The summed E-state index contributed by atoms with van der Waals surface area (Å²) in [6.45, 7) is 0. The monoisotopic (exact) mass is 583 g/mol. The lowest BCUT2D eigenvalue weighted by Crippen LogP contribution is -2.42. The van der Waals surface area contributed by atoms with Crippen LogP contribution in [0.3, 0.4) is 0 Å². The average Bonchev–Trinajstić information content (AvgIpc) is 3.76. The van der Waals surface area contributed by atoms with Crippen molar-refractivity contribution in [3.63, 3.8) is 0 Å². The minimum absolute atomic E-state index is 0.303. The van der Waals surface area contributed by atoms with Crippen LogP contribution in [0.2, 0.25) is 0 Å². The average molecular weight is 584 g/mol. The fourth-order valence-electron chi connectivity index (χ4n) is 7.32. The van der Waals surface area contributed by atoms with Gasteiger partial charge in [-0.05, 0) is 18.2 Å². The van der Waals surface area contributed by atoms with Crippen LogP contribution in [0.5, 0.6) is 5.75 Å². The molecule has 0 amide bonds. The highest BCUT2D eigenvalue weighted by atomic mass is 32.1. The molecule has 0 radical (unpaired) electrons. The molecular formula is C39H25N3OS. The highest BCUT2D eigenvalue weighted by molar-refractivity contribution is 7.27. The quantitative estimate of drug-likeness (QED) is 0.203. The van der Waals surface area contributed by atoms with Gasteiger partial charge >= 0.3 is 0 Å². The zero-order valence-corrected chi connectivity index (χ0v) is 24.7. The molecule has 8 aromatic rings. The molecule has 5 heteroatoms. The lowest BCUT2D eigenvalue weighted by Gasteiger charge is -2.33. The molecule has 6 aromatic carbocycles. The van der Waals surface area contributed by atoms with Gasteiger partial charge in [0, 0.05) is 59.9 Å². The number of para-hydroxylation sites is 2. The van der Waals surface area contributed by atoms with E-state index in [1.165, 1.54) is 47.2 Å². The summed E-state index contributed by atoms with van der Waals surface area (Å²) in [5.74, 6) is 2.69. The smallest absolute Gasteiger partial charge is 0.204 e. The van der Waals surface area contributed by atoms with E-state index in [4.69, 9.17) is 9.73 Å². The Labute approximate surface area is 257 Å². The Hall–Kier alpha value is -5.39. The SMILES string of the molecule is CN1C(c2ccccc2)=NC(n2c3ccccc3c3c4c5ccccc5sc4c4ccccc4c32)=C2c3ccccc3OC21. The highest BCUT2D eigenvalue weighted by Gasteiger charge is 2.40. The van der Waals surface area contributed by atoms with Crippen molar-refractivity contribution in [1.82, 2.24) is 9.47 Å². The topological polar surface area (TPSA) is 29.8 Å². The zero-order valence-electron chi connectivity index (χ0n) is 23.9. The maximum absolute atomic E-state index is 6.71. The Bertz CT molecular complexity index is 2550. The minimum atomic E-state index is -0.303. The van der Waals surface area contributed by atoms with Crippen molar-refractivity contribution in [3.8, 4) is 5.75 Å². The van der Waals surface area contributed by atoms with Crippen molar-refractivity contribution >= 4 is 81.3 Å². The standard InChI is InChI=1S/C39H25N3OS/c1-41-37(23-13-3-2-4-14-23)40-38(34-27-18-8-11-21-30(27)43-39(34)41)42-29-20-10-7-17-26(29)32-33-28-19-9-12-22-31(28)44-36(33)25-16-6-5-15-24(25)35(32)42/h2-22,39H,1H3. The van der Waals surface area contributed by atoms with Gasteiger partial charge in [0.2, 0.25) is 6.23 Å². The third-order valence-corrected chi connectivity index (χ3v) is 10.4. The first kappa shape index (κ1) is 24.1. The minimum Gasteiger partial charge on any atom is -0.465 e. The number of aromatic nitrogens is 1. The molecule has 0 spiro atoms. The van der Waals surface area contributed by atoms with Gasteiger partial charge in [0.25, 0.3) is 0 Å². The van der Waals surface area contributed by atoms with Crippen LogP contribution in [0, 0.1) is 0 Å². The number of hydrogen-bond donors (Lipinski definition) is 0. The normalized spacial score (nSPS) is 16.2. The van der Waals surface area contributed by atoms with Crippen molar-refractivity contribution in [3.05, 3.63) is 139 Å². The third kappa shape index (κ3) is 3.09. The Morgan fingerprint density at radius 2 is 1.34 bits per heavy atom. The van der Waals surface area contributed by atoms with E-state index in [1.807, 2.05) is 23.5 Å². The van der Waals surface area contributed by atoms with Gasteiger partial charge in [-0.15, -0.1) is 11.3 Å². The molecule has 10 rings (SSSR count). The summed E-state index contributed by atoms with van der Waals surface area (Å²) in [6.07, 6.45) is -0.303. The van der Waals surface area contributed by atoms with Gasteiger partial charge in [0.05, 0.1) is 16.6 Å². The van der Waals surface area contributed by atoms with E-state index in [1.54, 1.807) is 0 Å². The molecule has 0 fully saturated rings. The van der Waals surface area contributed by atoms with Crippen LogP contribution < -0.4 is 4.74 Å². The highest BCUT2D eigenvalue weighted by Crippen LogP contribution is 2.51. The Morgan fingerprint density at radius 1 is 0.659 bits per heavy atom. The van der Waals surface area contributed by atoms with Gasteiger partial charge < -0.3 is 9.64 Å². The Balaban J connectivity index is 1.45. The number of ether oxygens (including phenoxy) is 1. The van der Waals surface area contributed by atoms with E-state index >= 15 is 0 Å². The van der Waals surface area contributed by atoms with Crippen molar-refractivity contribution in [2.45, 2.75) is 6.23 Å². The number of hydrogen-bond acceptors (Lipinski definition) is 4. The van der Waals surface area contributed by atoms with Crippen LogP contribution in [-0.4, -0.2) is 28.6 Å². The van der Waals surface area contributed by atoms with Crippen molar-refractivity contribution in [1.29, 1.82) is 0 Å². The molecule has 1 unspecified atom stereocenters. The fourth-order valence-corrected chi connectivity index (χ4v) is 8.57. The molecule has 2 aliphatic heterocycles. The number of aliphatic imine (C=N–C) groups is 1. The second-order valence-corrected chi connectivity index (χ2v) is 12.6. The van der Waals surface area contributed by atoms with E-state index in [9.17, 15) is 0 Å². The van der Waals surface area contributed by atoms with E-state index in [2.05, 4.69) is 132 Å². The van der Waals surface area contributed by atoms with E-state index in [0.29, 0.717) is 0 Å². The second-order valence-electron chi connectivity index (χ2n) is 11.5. The maximum Gasteiger partial charge on any atom is 0.204 e. The zero-order chi connectivity index (χ0) is 28.9. The molecule has 2 aliphatic rings. The predicted molar refractivity (Wildman–Crippen MR) is 185 cm³/mol. The molecule has 4 nitrogen and oxygen atoms in total. The van der Waals surface area contributed by atoms with Gasteiger partial charge in [-0.3, -0.25) is 4.57 Å².